The number of amides is 1. The molecule has 0 saturated carbocycles. The van der Waals surface area contributed by atoms with E-state index in [0.29, 0.717) is 12.6 Å². The zero-order chi connectivity index (χ0) is 19.9. The van der Waals surface area contributed by atoms with E-state index in [1.165, 1.54) is 5.56 Å². The van der Waals surface area contributed by atoms with Crippen molar-refractivity contribution < 1.29 is 4.79 Å². The molecule has 0 bridgehead atoms. The maximum absolute atomic E-state index is 11.9. The van der Waals surface area contributed by atoms with Crippen LogP contribution in [0, 0.1) is 6.92 Å². The lowest BCUT2D eigenvalue weighted by molar-refractivity contribution is -0.122. The van der Waals surface area contributed by atoms with E-state index in [-0.39, 0.29) is 11.9 Å². The summed E-state index contributed by atoms with van der Waals surface area (Å²) in [5.41, 5.74) is 2.32. The second-order valence-electron chi connectivity index (χ2n) is 7.57. The van der Waals surface area contributed by atoms with Crippen LogP contribution in [0.4, 0.5) is 0 Å². The summed E-state index contributed by atoms with van der Waals surface area (Å²) >= 11 is 0. The summed E-state index contributed by atoms with van der Waals surface area (Å²) in [6.07, 6.45) is 6.81. The molecule has 2 aromatic rings. The molecule has 152 valence electrons. The Morgan fingerprint density at radius 1 is 1.32 bits per heavy atom. The molecule has 1 amide bonds. The third kappa shape index (κ3) is 5.17. The van der Waals surface area contributed by atoms with Crippen molar-refractivity contribution >= 4 is 5.91 Å². The second-order valence-corrected chi connectivity index (χ2v) is 7.57. The first-order valence-corrected chi connectivity index (χ1v) is 10.3. The molecule has 28 heavy (non-hydrogen) atoms. The standard InChI is InChI=1S/C21H32N6O/c1-4-10-23-21(28)15-26-12-8-18(9-13-26)25-16(2)19-14-24-27(17(19)3)20-7-5-6-11-22-20/h5-7,11,14,16,18,25H,4,8-10,12-13,15H2,1-3H3,(H,23,28). The highest BCUT2D eigenvalue weighted by molar-refractivity contribution is 5.77. The molecule has 2 N–H and O–H groups in total. The normalized spacial score (nSPS) is 16.8. The third-order valence-electron chi connectivity index (χ3n) is 5.39. The van der Waals surface area contributed by atoms with Gasteiger partial charge in [0.2, 0.25) is 5.91 Å². The van der Waals surface area contributed by atoms with E-state index < -0.39 is 0 Å². The molecule has 1 saturated heterocycles. The van der Waals surface area contributed by atoms with Crippen molar-refractivity contribution in [1.29, 1.82) is 0 Å². The van der Waals surface area contributed by atoms with Crippen molar-refractivity contribution in [1.82, 2.24) is 30.3 Å². The zero-order valence-electron chi connectivity index (χ0n) is 17.2. The van der Waals surface area contributed by atoms with Gasteiger partial charge >= 0.3 is 0 Å². The van der Waals surface area contributed by atoms with Crippen molar-refractivity contribution in [3.63, 3.8) is 0 Å². The van der Waals surface area contributed by atoms with E-state index in [9.17, 15) is 4.79 Å². The second kappa shape index (κ2) is 9.80. The SMILES string of the molecule is CCCNC(=O)CN1CCC(NC(C)c2cnn(-c3ccccn3)c2C)CC1. The van der Waals surface area contributed by atoms with Gasteiger partial charge in [0.1, 0.15) is 0 Å². The lowest BCUT2D eigenvalue weighted by Gasteiger charge is -2.33. The summed E-state index contributed by atoms with van der Waals surface area (Å²) in [4.78, 5) is 18.5. The van der Waals surface area contributed by atoms with Gasteiger partial charge in [-0.25, -0.2) is 9.67 Å². The highest BCUT2D eigenvalue weighted by Crippen LogP contribution is 2.21. The number of hydrogen-bond donors (Lipinski definition) is 2. The quantitative estimate of drug-likeness (QED) is 0.730. The third-order valence-corrected chi connectivity index (χ3v) is 5.39. The average molecular weight is 385 g/mol. The summed E-state index contributed by atoms with van der Waals surface area (Å²) in [5, 5.41) is 11.2. The first-order valence-electron chi connectivity index (χ1n) is 10.3. The fourth-order valence-corrected chi connectivity index (χ4v) is 3.78. The number of rotatable bonds is 8. The minimum absolute atomic E-state index is 0.138. The Morgan fingerprint density at radius 3 is 2.79 bits per heavy atom. The van der Waals surface area contributed by atoms with Crippen LogP contribution in [0.15, 0.2) is 30.6 Å². The predicted octanol–water partition coefficient (Wildman–Crippen LogP) is 2.22. The number of carbonyl (C=O) groups is 1. The number of nitrogens with one attached hydrogen (secondary N) is 2. The molecule has 1 aliphatic heterocycles. The van der Waals surface area contributed by atoms with Crippen LogP contribution >= 0.6 is 0 Å². The Kier molecular flexibility index (Phi) is 7.17. The molecule has 1 fully saturated rings. The molecule has 0 radical (unpaired) electrons. The molecule has 0 spiro atoms. The van der Waals surface area contributed by atoms with Crippen LogP contribution in [0.3, 0.4) is 0 Å². The van der Waals surface area contributed by atoms with Crippen LogP contribution in [0.2, 0.25) is 0 Å². The number of pyridine rings is 1. The van der Waals surface area contributed by atoms with Crippen LogP contribution in [0.25, 0.3) is 5.82 Å². The molecule has 0 aliphatic carbocycles. The van der Waals surface area contributed by atoms with E-state index in [1.54, 1.807) is 6.20 Å². The summed E-state index contributed by atoms with van der Waals surface area (Å²) in [7, 11) is 0. The van der Waals surface area contributed by atoms with E-state index in [1.807, 2.05) is 29.1 Å². The smallest absolute Gasteiger partial charge is 0.234 e. The molecule has 7 heteroatoms. The Hall–Kier alpha value is -2.25. The highest BCUT2D eigenvalue weighted by atomic mass is 16.2. The number of aromatic nitrogens is 3. The summed E-state index contributed by atoms with van der Waals surface area (Å²) in [6.45, 7) is 9.54. The summed E-state index contributed by atoms with van der Waals surface area (Å²) < 4.78 is 1.89. The van der Waals surface area contributed by atoms with Gasteiger partial charge in [0.05, 0.1) is 12.7 Å². The van der Waals surface area contributed by atoms with Gasteiger partial charge < -0.3 is 10.6 Å². The number of hydrogen-bond acceptors (Lipinski definition) is 5. The number of piperidine rings is 1. The molecule has 3 heterocycles. The number of likely N-dealkylation sites (tertiary alicyclic amines) is 1. The molecule has 1 aliphatic rings. The largest absolute Gasteiger partial charge is 0.355 e. The molecular weight excluding hydrogens is 352 g/mol. The van der Waals surface area contributed by atoms with E-state index >= 15 is 0 Å². The van der Waals surface area contributed by atoms with Crippen molar-refractivity contribution in [2.45, 2.75) is 52.1 Å². The lowest BCUT2D eigenvalue weighted by atomic mass is 10.0. The summed E-state index contributed by atoms with van der Waals surface area (Å²) in [6, 6.07) is 6.53. The van der Waals surface area contributed by atoms with E-state index in [2.05, 4.69) is 46.4 Å². The molecular formula is C21H32N6O. The van der Waals surface area contributed by atoms with Gasteiger partial charge in [0.15, 0.2) is 5.82 Å². The van der Waals surface area contributed by atoms with Gasteiger partial charge in [-0.2, -0.15) is 5.10 Å². The maximum Gasteiger partial charge on any atom is 0.234 e. The molecule has 2 aromatic heterocycles. The molecule has 0 aromatic carbocycles. The Morgan fingerprint density at radius 2 is 2.11 bits per heavy atom. The monoisotopic (exact) mass is 384 g/mol. The van der Waals surface area contributed by atoms with Crippen LogP contribution in [0.1, 0.15) is 50.4 Å². The Bertz CT molecular complexity index is 752. The Balaban J connectivity index is 1.51. The van der Waals surface area contributed by atoms with E-state index in [4.69, 9.17) is 0 Å². The van der Waals surface area contributed by atoms with Crippen LogP contribution in [-0.2, 0) is 4.79 Å². The van der Waals surface area contributed by atoms with Crippen molar-refractivity contribution in [2.24, 2.45) is 0 Å². The van der Waals surface area contributed by atoms with E-state index in [0.717, 1.165) is 50.4 Å². The van der Waals surface area contributed by atoms with Crippen LogP contribution in [-0.4, -0.2) is 57.8 Å². The first kappa shape index (κ1) is 20.5. The molecule has 1 unspecified atom stereocenters. The number of nitrogens with zero attached hydrogens (tertiary/aromatic N) is 4. The zero-order valence-corrected chi connectivity index (χ0v) is 17.2. The summed E-state index contributed by atoms with van der Waals surface area (Å²) in [5.74, 6) is 0.979. The molecule has 1 atom stereocenters. The molecule has 7 nitrogen and oxygen atoms in total. The van der Waals surface area contributed by atoms with Gasteiger partial charge in [-0.05, 0) is 45.2 Å². The highest BCUT2D eigenvalue weighted by Gasteiger charge is 2.23. The lowest BCUT2D eigenvalue weighted by Crippen LogP contribution is -2.46. The predicted molar refractivity (Wildman–Crippen MR) is 110 cm³/mol. The van der Waals surface area contributed by atoms with Crippen LogP contribution < -0.4 is 10.6 Å². The van der Waals surface area contributed by atoms with Crippen molar-refractivity contribution in [2.75, 3.05) is 26.2 Å². The maximum atomic E-state index is 11.9. The van der Waals surface area contributed by atoms with Gasteiger partial charge in [-0.1, -0.05) is 13.0 Å². The van der Waals surface area contributed by atoms with Gasteiger partial charge in [0.25, 0.3) is 0 Å². The van der Waals surface area contributed by atoms with Crippen molar-refractivity contribution in [3.05, 3.63) is 41.9 Å². The van der Waals surface area contributed by atoms with Gasteiger partial charge in [-0.3, -0.25) is 9.69 Å². The van der Waals surface area contributed by atoms with Gasteiger partial charge in [-0.15, -0.1) is 0 Å². The first-order chi connectivity index (χ1) is 13.6. The minimum atomic E-state index is 0.138. The topological polar surface area (TPSA) is 75.1 Å². The van der Waals surface area contributed by atoms with Crippen LogP contribution in [0.5, 0.6) is 0 Å². The fraction of sp³-hybridized carbons (Fsp3) is 0.571. The number of carbonyl (C=O) groups excluding carboxylic acids is 1. The Labute approximate surface area is 167 Å². The minimum Gasteiger partial charge on any atom is -0.355 e. The molecule has 3 rings (SSSR count). The van der Waals surface area contributed by atoms with Crippen molar-refractivity contribution in [3.8, 4) is 5.82 Å². The fourth-order valence-electron chi connectivity index (χ4n) is 3.78. The van der Waals surface area contributed by atoms with Gasteiger partial charge in [0, 0.05) is 49.2 Å². The average Bonchev–Trinajstić information content (AvgIpc) is 3.10.